The van der Waals surface area contributed by atoms with Gasteiger partial charge >= 0.3 is 0 Å². The van der Waals surface area contributed by atoms with Crippen molar-refractivity contribution in [3.63, 3.8) is 0 Å². The molecule has 100 valence electrons. The van der Waals surface area contributed by atoms with Crippen LogP contribution in [-0.4, -0.2) is 36.2 Å². The van der Waals surface area contributed by atoms with Gasteiger partial charge in [0.05, 0.1) is 6.61 Å². The molecule has 5 nitrogen and oxygen atoms in total. The van der Waals surface area contributed by atoms with E-state index in [-0.39, 0.29) is 0 Å². The molecule has 1 fully saturated rings. The molecular weight excluding hydrogens is 228 g/mol. The molecule has 2 N–H and O–H groups in total. The Morgan fingerprint density at radius 2 is 2.22 bits per heavy atom. The smallest absolute Gasteiger partial charge is 0.218 e. The quantitative estimate of drug-likeness (QED) is 0.827. The molecule has 0 bridgehead atoms. The number of rotatable bonds is 6. The molecule has 1 saturated carbocycles. The first-order valence-electron chi connectivity index (χ1n) is 6.60. The maximum absolute atomic E-state index is 5.80. The second kappa shape index (κ2) is 6.00. The van der Waals surface area contributed by atoms with Crippen molar-refractivity contribution in [2.45, 2.75) is 32.2 Å². The Balaban J connectivity index is 1.90. The van der Waals surface area contributed by atoms with Crippen LogP contribution in [0.1, 0.15) is 26.2 Å². The third-order valence-electron chi connectivity index (χ3n) is 3.28. The van der Waals surface area contributed by atoms with Gasteiger partial charge in [-0.25, -0.2) is 9.97 Å². The summed E-state index contributed by atoms with van der Waals surface area (Å²) in [5.41, 5.74) is 5.80. The number of hydrogen-bond donors (Lipinski definition) is 1. The molecule has 1 heterocycles. The lowest BCUT2D eigenvalue weighted by molar-refractivity contribution is 0.270. The molecule has 1 aromatic rings. The summed E-state index contributed by atoms with van der Waals surface area (Å²) in [6, 6.07) is 2.30. The molecule has 0 unspecified atom stereocenters. The van der Waals surface area contributed by atoms with Gasteiger partial charge in [0.2, 0.25) is 5.88 Å². The van der Waals surface area contributed by atoms with Gasteiger partial charge in [-0.1, -0.05) is 6.92 Å². The summed E-state index contributed by atoms with van der Waals surface area (Å²) < 4.78 is 5.51. The van der Waals surface area contributed by atoms with Crippen LogP contribution in [0, 0.1) is 5.92 Å². The Kier molecular flexibility index (Phi) is 4.36. The number of ether oxygens (including phenoxy) is 1. The third-order valence-corrected chi connectivity index (χ3v) is 3.28. The van der Waals surface area contributed by atoms with E-state index in [0.717, 1.165) is 31.6 Å². The van der Waals surface area contributed by atoms with Gasteiger partial charge < -0.3 is 15.4 Å². The molecule has 0 radical (unpaired) electrons. The van der Waals surface area contributed by atoms with Crippen LogP contribution in [0.2, 0.25) is 0 Å². The van der Waals surface area contributed by atoms with E-state index in [1.807, 2.05) is 6.07 Å². The largest absolute Gasteiger partial charge is 0.478 e. The van der Waals surface area contributed by atoms with Crippen LogP contribution in [0.15, 0.2) is 12.4 Å². The first kappa shape index (κ1) is 13.1. The zero-order valence-electron chi connectivity index (χ0n) is 11.2. The van der Waals surface area contributed by atoms with Crippen LogP contribution in [0.4, 0.5) is 5.82 Å². The molecule has 0 amide bonds. The van der Waals surface area contributed by atoms with Crippen molar-refractivity contribution in [2.75, 3.05) is 25.1 Å². The summed E-state index contributed by atoms with van der Waals surface area (Å²) in [6.45, 7) is 3.77. The maximum atomic E-state index is 5.80. The van der Waals surface area contributed by atoms with Crippen molar-refractivity contribution in [1.29, 1.82) is 0 Å². The van der Waals surface area contributed by atoms with Gasteiger partial charge in [-0.2, -0.15) is 0 Å². The van der Waals surface area contributed by atoms with Crippen LogP contribution < -0.4 is 15.4 Å². The Hall–Kier alpha value is -1.36. The number of aromatic nitrogens is 2. The van der Waals surface area contributed by atoms with Gasteiger partial charge in [0.1, 0.15) is 12.1 Å². The average Bonchev–Trinajstić information content (AvgIpc) is 2.35. The lowest BCUT2D eigenvalue weighted by Crippen LogP contribution is -2.42. The van der Waals surface area contributed by atoms with Crippen LogP contribution in [-0.2, 0) is 0 Å². The zero-order valence-corrected chi connectivity index (χ0v) is 11.2. The van der Waals surface area contributed by atoms with E-state index in [4.69, 9.17) is 10.5 Å². The lowest BCUT2D eigenvalue weighted by Gasteiger charge is -2.35. The zero-order chi connectivity index (χ0) is 13.0. The molecule has 1 aromatic heterocycles. The topological polar surface area (TPSA) is 64.3 Å². The summed E-state index contributed by atoms with van der Waals surface area (Å²) in [6.07, 6.45) is 4.78. The fourth-order valence-electron chi connectivity index (χ4n) is 2.24. The average molecular weight is 250 g/mol. The van der Waals surface area contributed by atoms with E-state index < -0.39 is 0 Å². The number of nitrogens with two attached hydrogens (primary N) is 1. The van der Waals surface area contributed by atoms with Gasteiger partial charge in [0.15, 0.2) is 0 Å². The Labute approximate surface area is 108 Å². The second-order valence-corrected chi connectivity index (χ2v) is 5.04. The Morgan fingerprint density at radius 3 is 2.89 bits per heavy atom. The summed E-state index contributed by atoms with van der Waals surface area (Å²) in [5.74, 6) is 2.26. The summed E-state index contributed by atoms with van der Waals surface area (Å²) >= 11 is 0. The molecule has 0 saturated heterocycles. The van der Waals surface area contributed by atoms with Crippen molar-refractivity contribution >= 4 is 5.82 Å². The van der Waals surface area contributed by atoms with E-state index in [9.17, 15) is 0 Å². The summed E-state index contributed by atoms with van der Waals surface area (Å²) in [4.78, 5) is 10.5. The highest BCUT2D eigenvalue weighted by atomic mass is 16.5. The first-order valence-corrected chi connectivity index (χ1v) is 6.60. The number of hydrogen-bond acceptors (Lipinski definition) is 5. The molecule has 5 heteroatoms. The monoisotopic (exact) mass is 250 g/mol. The maximum Gasteiger partial charge on any atom is 0.218 e. The van der Waals surface area contributed by atoms with Crippen molar-refractivity contribution in [3.8, 4) is 5.88 Å². The highest BCUT2D eigenvalue weighted by Crippen LogP contribution is 2.27. The van der Waals surface area contributed by atoms with Crippen LogP contribution in [0.5, 0.6) is 5.88 Å². The van der Waals surface area contributed by atoms with Gasteiger partial charge in [-0.3, -0.25) is 0 Å². The van der Waals surface area contributed by atoms with Crippen molar-refractivity contribution < 1.29 is 4.74 Å². The van der Waals surface area contributed by atoms with Crippen LogP contribution in [0.3, 0.4) is 0 Å². The Bertz CT molecular complexity index is 379. The van der Waals surface area contributed by atoms with Gasteiger partial charge in [-0.15, -0.1) is 0 Å². The van der Waals surface area contributed by atoms with Gasteiger partial charge in [-0.05, 0) is 25.2 Å². The minimum Gasteiger partial charge on any atom is -0.478 e. The predicted molar refractivity (Wildman–Crippen MR) is 71.8 cm³/mol. The summed E-state index contributed by atoms with van der Waals surface area (Å²) in [7, 11) is 2.05. The summed E-state index contributed by atoms with van der Waals surface area (Å²) in [5, 5.41) is 0. The van der Waals surface area contributed by atoms with Crippen molar-refractivity contribution in [1.82, 2.24) is 9.97 Å². The van der Waals surface area contributed by atoms with E-state index in [2.05, 4.69) is 28.8 Å². The molecule has 18 heavy (non-hydrogen) atoms. The lowest BCUT2D eigenvalue weighted by atomic mass is 9.81. The normalized spacial score (nSPS) is 22.4. The minimum absolute atomic E-state index is 0.400. The standard InChI is InChI=1S/C13H22N4O/c1-3-4-18-13-7-12(15-9-16-13)17(2)8-10-5-11(14)6-10/h7,9-11H,3-6,8,14H2,1-2H3. The van der Waals surface area contributed by atoms with Crippen LogP contribution in [0.25, 0.3) is 0 Å². The Morgan fingerprint density at radius 1 is 1.44 bits per heavy atom. The molecule has 0 spiro atoms. The fourth-order valence-corrected chi connectivity index (χ4v) is 2.24. The predicted octanol–water partition coefficient (Wildman–Crippen LogP) is 1.44. The molecule has 1 aliphatic rings. The molecule has 1 aliphatic carbocycles. The highest BCUT2D eigenvalue weighted by molar-refractivity contribution is 5.39. The van der Waals surface area contributed by atoms with E-state index in [0.29, 0.717) is 24.4 Å². The highest BCUT2D eigenvalue weighted by Gasteiger charge is 2.27. The second-order valence-electron chi connectivity index (χ2n) is 5.04. The molecular formula is C13H22N4O. The molecule has 0 aliphatic heterocycles. The fraction of sp³-hybridized carbons (Fsp3) is 0.692. The molecule has 2 rings (SSSR count). The van der Waals surface area contributed by atoms with Crippen molar-refractivity contribution in [3.05, 3.63) is 12.4 Å². The van der Waals surface area contributed by atoms with E-state index >= 15 is 0 Å². The molecule has 0 aromatic carbocycles. The first-order chi connectivity index (χ1) is 8.69. The number of nitrogens with zero attached hydrogens (tertiary/aromatic N) is 3. The number of anilines is 1. The SMILES string of the molecule is CCCOc1cc(N(C)CC2CC(N)C2)ncn1. The van der Waals surface area contributed by atoms with Crippen molar-refractivity contribution in [2.24, 2.45) is 11.7 Å². The van der Waals surface area contributed by atoms with Crippen LogP contribution >= 0.6 is 0 Å². The molecule has 0 atom stereocenters. The third kappa shape index (κ3) is 3.32. The van der Waals surface area contributed by atoms with Gasteiger partial charge in [0.25, 0.3) is 0 Å². The minimum atomic E-state index is 0.400. The van der Waals surface area contributed by atoms with E-state index in [1.165, 1.54) is 0 Å². The van der Waals surface area contributed by atoms with E-state index in [1.54, 1.807) is 6.33 Å². The van der Waals surface area contributed by atoms with Gasteiger partial charge in [0, 0.05) is 25.7 Å².